The molecule has 35 heavy (non-hydrogen) atoms. The fourth-order valence-corrected chi connectivity index (χ4v) is 4.24. The van der Waals surface area contributed by atoms with Gasteiger partial charge >= 0.3 is 0 Å². The Hall–Kier alpha value is -3.69. The third-order valence-corrected chi connectivity index (χ3v) is 6.11. The number of aliphatic hydroxyl groups is 1. The van der Waals surface area contributed by atoms with E-state index in [1.807, 2.05) is 54.0 Å². The van der Waals surface area contributed by atoms with Crippen molar-refractivity contribution in [3.05, 3.63) is 84.4 Å². The molecule has 9 heteroatoms. The maximum atomic E-state index is 13.5. The summed E-state index contributed by atoms with van der Waals surface area (Å²) in [5.74, 6) is 1.73. The Morgan fingerprint density at radius 1 is 1.06 bits per heavy atom. The molecule has 0 aliphatic carbocycles. The quantitative estimate of drug-likeness (QED) is 0.311. The zero-order valence-electron chi connectivity index (χ0n) is 19.3. The molecule has 1 unspecified atom stereocenters. The molecule has 0 saturated heterocycles. The second-order valence-corrected chi connectivity index (χ2v) is 8.53. The molecule has 0 fully saturated rings. The van der Waals surface area contributed by atoms with E-state index in [2.05, 4.69) is 15.2 Å². The minimum absolute atomic E-state index is 0.0776. The Labute approximate surface area is 207 Å². The van der Waals surface area contributed by atoms with Gasteiger partial charge in [-0.2, -0.15) is 0 Å². The smallest absolute Gasteiger partial charge is 0.196 e. The zero-order valence-corrected chi connectivity index (χ0v) is 20.2. The molecule has 0 aliphatic rings. The van der Waals surface area contributed by atoms with Gasteiger partial charge in [0.1, 0.15) is 12.4 Å². The molecule has 0 amide bonds. The predicted molar refractivity (Wildman–Crippen MR) is 134 cm³/mol. The minimum Gasteiger partial charge on any atom is -0.493 e. The number of aromatic nitrogens is 4. The monoisotopic (exact) mass is 492 g/mol. The van der Waals surface area contributed by atoms with Crippen LogP contribution in [-0.2, 0) is 0 Å². The summed E-state index contributed by atoms with van der Waals surface area (Å²) in [4.78, 5) is 4.05. The van der Waals surface area contributed by atoms with Gasteiger partial charge in [0.2, 0.25) is 0 Å². The molecule has 1 N–H and O–H groups in total. The van der Waals surface area contributed by atoms with Crippen molar-refractivity contribution >= 4 is 17.8 Å². The fourth-order valence-electron chi connectivity index (χ4n) is 3.38. The lowest BCUT2D eigenvalue weighted by atomic mass is 10.2. The van der Waals surface area contributed by atoms with E-state index in [1.54, 1.807) is 31.6 Å². The molecule has 1 atom stereocenters. The molecule has 0 aliphatic heterocycles. The molecular weight excluding hydrogens is 467 g/mol. The predicted octanol–water partition coefficient (Wildman–Crippen LogP) is 5.04. The van der Waals surface area contributed by atoms with Crippen LogP contribution in [0.15, 0.2) is 78.2 Å². The van der Waals surface area contributed by atoms with Crippen LogP contribution in [0.1, 0.15) is 12.5 Å². The molecule has 7 nitrogen and oxygen atoms in total. The highest BCUT2D eigenvalue weighted by atomic mass is 32.2. The van der Waals surface area contributed by atoms with Crippen LogP contribution < -0.4 is 9.47 Å². The molecule has 4 rings (SSSR count). The first-order chi connectivity index (χ1) is 17.1. The molecule has 0 bridgehead atoms. The summed E-state index contributed by atoms with van der Waals surface area (Å²) in [6.45, 7) is 2.02. The molecular formula is C26H25FN4O3S. The number of ether oxygens (including phenoxy) is 2. The van der Waals surface area contributed by atoms with Gasteiger partial charge in [-0.05, 0) is 61.0 Å². The Balaban J connectivity index is 1.48. The van der Waals surface area contributed by atoms with E-state index in [4.69, 9.17) is 9.47 Å². The number of thioether (sulfide) groups is 1. The van der Waals surface area contributed by atoms with E-state index in [-0.39, 0.29) is 12.4 Å². The van der Waals surface area contributed by atoms with Crippen molar-refractivity contribution < 1.29 is 19.0 Å². The summed E-state index contributed by atoms with van der Waals surface area (Å²) in [5, 5.41) is 19.8. The highest BCUT2D eigenvalue weighted by Gasteiger charge is 2.18. The molecule has 4 aromatic rings. The molecule has 2 aromatic carbocycles. The standard InChI is InChI=1S/C26H25FN4O3S/c1-3-4-18-5-10-23(24(15-18)33-2)34-16-22(32)17-35-26-30-29-25(19-11-13-28-14-12-19)31(26)21-8-6-20(27)7-9-21/h3-15,22,32H,16-17H2,1-2H3/b4-3+. The summed E-state index contributed by atoms with van der Waals surface area (Å²) in [5.41, 5.74) is 2.53. The normalized spacial score (nSPS) is 12.1. The lowest BCUT2D eigenvalue weighted by molar-refractivity contribution is 0.124. The topological polar surface area (TPSA) is 82.3 Å². The van der Waals surface area contributed by atoms with Gasteiger partial charge in [-0.25, -0.2) is 4.39 Å². The van der Waals surface area contributed by atoms with Gasteiger partial charge in [0.25, 0.3) is 0 Å². The molecule has 180 valence electrons. The van der Waals surface area contributed by atoms with Crippen molar-refractivity contribution in [2.45, 2.75) is 18.2 Å². The Kier molecular flexibility index (Phi) is 8.12. The number of allylic oxidation sites excluding steroid dienone is 1. The first-order valence-electron chi connectivity index (χ1n) is 10.9. The fraction of sp³-hybridized carbons (Fsp3) is 0.192. The number of benzene rings is 2. The van der Waals surface area contributed by atoms with Gasteiger partial charge in [-0.1, -0.05) is 30.0 Å². The second kappa shape index (κ2) is 11.6. The number of pyridine rings is 1. The average molecular weight is 493 g/mol. The van der Waals surface area contributed by atoms with Crippen molar-refractivity contribution in [2.75, 3.05) is 19.5 Å². The first-order valence-corrected chi connectivity index (χ1v) is 11.9. The van der Waals surface area contributed by atoms with E-state index in [0.29, 0.717) is 33.9 Å². The van der Waals surface area contributed by atoms with E-state index in [0.717, 1.165) is 11.1 Å². The number of rotatable bonds is 10. The van der Waals surface area contributed by atoms with Crippen LogP contribution in [-0.4, -0.2) is 50.4 Å². The van der Waals surface area contributed by atoms with Crippen LogP contribution in [0.5, 0.6) is 11.5 Å². The van der Waals surface area contributed by atoms with Crippen LogP contribution in [0.2, 0.25) is 0 Å². The lowest BCUT2D eigenvalue weighted by Crippen LogP contribution is -2.20. The Morgan fingerprint density at radius 3 is 2.54 bits per heavy atom. The summed E-state index contributed by atoms with van der Waals surface area (Å²) >= 11 is 1.33. The van der Waals surface area contributed by atoms with Crippen LogP contribution >= 0.6 is 11.8 Å². The second-order valence-electron chi connectivity index (χ2n) is 7.54. The molecule has 0 radical (unpaired) electrons. The maximum absolute atomic E-state index is 13.5. The summed E-state index contributed by atoms with van der Waals surface area (Å²) in [6, 6.07) is 15.4. The number of hydrogen-bond acceptors (Lipinski definition) is 7. The molecule has 2 aromatic heterocycles. The van der Waals surface area contributed by atoms with Crippen molar-refractivity contribution in [2.24, 2.45) is 0 Å². The zero-order chi connectivity index (χ0) is 24.6. The van der Waals surface area contributed by atoms with E-state index in [1.165, 1.54) is 23.9 Å². The third kappa shape index (κ3) is 6.06. The number of nitrogens with zero attached hydrogens (tertiary/aromatic N) is 4. The largest absolute Gasteiger partial charge is 0.493 e. The summed E-state index contributed by atoms with van der Waals surface area (Å²) in [7, 11) is 1.58. The van der Waals surface area contributed by atoms with Gasteiger partial charge < -0.3 is 14.6 Å². The summed E-state index contributed by atoms with van der Waals surface area (Å²) < 4.78 is 26.6. The maximum Gasteiger partial charge on any atom is 0.196 e. The van der Waals surface area contributed by atoms with E-state index in [9.17, 15) is 9.50 Å². The SMILES string of the molecule is C/C=C/c1ccc(OCC(O)CSc2nnc(-c3ccncc3)n2-c2ccc(F)cc2)c(OC)c1. The van der Waals surface area contributed by atoms with Crippen molar-refractivity contribution in [3.63, 3.8) is 0 Å². The van der Waals surface area contributed by atoms with Gasteiger partial charge in [-0.15, -0.1) is 10.2 Å². The van der Waals surface area contributed by atoms with Gasteiger partial charge in [0.05, 0.1) is 13.2 Å². The number of halogens is 1. The highest BCUT2D eigenvalue weighted by Crippen LogP contribution is 2.30. The average Bonchev–Trinajstić information content (AvgIpc) is 3.31. The summed E-state index contributed by atoms with van der Waals surface area (Å²) in [6.07, 6.45) is 6.48. The first kappa shape index (κ1) is 24.4. The molecule has 2 heterocycles. The van der Waals surface area contributed by atoms with Crippen molar-refractivity contribution in [3.8, 4) is 28.6 Å². The van der Waals surface area contributed by atoms with E-state index >= 15 is 0 Å². The van der Waals surface area contributed by atoms with Crippen molar-refractivity contribution in [1.29, 1.82) is 0 Å². The molecule has 0 spiro atoms. The Morgan fingerprint density at radius 2 is 1.83 bits per heavy atom. The van der Waals surface area contributed by atoms with Gasteiger partial charge in [0.15, 0.2) is 22.5 Å². The number of aliphatic hydroxyl groups excluding tert-OH is 1. The van der Waals surface area contributed by atoms with Crippen LogP contribution in [0.25, 0.3) is 23.2 Å². The highest BCUT2D eigenvalue weighted by molar-refractivity contribution is 7.99. The molecule has 0 saturated carbocycles. The van der Waals surface area contributed by atoms with Gasteiger partial charge in [0, 0.05) is 29.4 Å². The Bertz CT molecular complexity index is 1280. The van der Waals surface area contributed by atoms with E-state index < -0.39 is 6.10 Å². The van der Waals surface area contributed by atoms with Crippen molar-refractivity contribution in [1.82, 2.24) is 19.7 Å². The van der Waals surface area contributed by atoms with Gasteiger partial charge in [-0.3, -0.25) is 9.55 Å². The van der Waals surface area contributed by atoms with Crippen LogP contribution in [0.4, 0.5) is 4.39 Å². The van der Waals surface area contributed by atoms with Crippen LogP contribution in [0.3, 0.4) is 0 Å². The number of hydrogen-bond donors (Lipinski definition) is 1. The third-order valence-electron chi connectivity index (χ3n) is 5.04. The number of methoxy groups -OCH3 is 1. The minimum atomic E-state index is -0.775. The lowest BCUT2D eigenvalue weighted by Gasteiger charge is -2.15. The van der Waals surface area contributed by atoms with Crippen LogP contribution in [0, 0.1) is 5.82 Å².